The predicted molar refractivity (Wildman–Crippen MR) is 245 cm³/mol. The first-order valence-electron chi connectivity index (χ1n) is 25.7. The summed E-state index contributed by atoms with van der Waals surface area (Å²) < 4.78 is 22.9. The molecule has 14 nitrogen and oxygen atoms in total. The van der Waals surface area contributed by atoms with Gasteiger partial charge in [0.25, 0.3) is 0 Å². The fraction of sp³-hybridized carbons (Fsp3) is 0.980. The lowest BCUT2D eigenvalue weighted by molar-refractivity contribution is -0.342. The molecule has 0 aromatic heterocycles. The second-order valence-electron chi connectivity index (χ2n) is 18.6. The first-order valence-corrected chi connectivity index (χ1v) is 25.7. The summed E-state index contributed by atoms with van der Waals surface area (Å²) in [7, 11) is 0. The largest absolute Gasteiger partial charge is 0.394 e. The van der Waals surface area contributed by atoms with Crippen molar-refractivity contribution < 1.29 is 64.6 Å². The number of unbranched alkanes of at least 4 members (excludes halogenated alkanes) is 25. The molecule has 2 rings (SSSR count). The maximum atomic E-state index is 13.6. The molecule has 2 heterocycles. The van der Waals surface area contributed by atoms with E-state index in [9.17, 15) is 45.6 Å². The first-order chi connectivity index (χ1) is 30.6. The molecule has 1 amide bonds. The van der Waals surface area contributed by atoms with E-state index in [1.807, 2.05) is 0 Å². The van der Waals surface area contributed by atoms with Crippen LogP contribution in [-0.4, -0.2) is 159 Å². The Bertz CT molecular complexity index is 1070. The summed E-state index contributed by atoms with van der Waals surface area (Å²) in [6, 6.07) is 0. The first kappa shape index (κ1) is 58.1. The monoisotopic (exact) mass is 906 g/mol. The van der Waals surface area contributed by atoms with Gasteiger partial charge in [-0.25, -0.2) is 0 Å². The normalized spacial score (nSPS) is 26.9. The number of nitrogens with zero attached hydrogens (tertiary/aromatic N) is 1. The average molecular weight is 906 g/mol. The van der Waals surface area contributed by atoms with Crippen LogP contribution in [0.5, 0.6) is 0 Å². The molecule has 374 valence electrons. The molecule has 2 aliphatic heterocycles. The molecule has 11 atom stereocenters. The van der Waals surface area contributed by atoms with E-state index in [2.05, 4.69) is 13.8 Å². The maximum absolute atomic E-state index is 13.6. The topological polar surface area (TPSA) is 219 Å². The van der Waals surface area contributed by atoms with Crippen LogP contribution in [0, 0.1) is 0 Å². The van der Waals surface area contributed by atoms with E-state index >= 15 is 0 Å². The third-order valence-corrected chi connectivity index (χ3v) is 13.0. The SMILES string of the molecule is CCCCCCCCCCCCCCCCOCC(O)CN(CC[C@@H]1O[C@H](CO)[C@@H](O[C@@H]2O[C@H](CO)[C@H](O)[C@H](O)[C@H]2O)[C@H](O)[C@H]1O)C(=O)CCCCCCCCCCCCCCC. The molecule has 1 unspecified atom stereocenters. The van der Waals surface area contributed by atoms with Gasteiger partial charge in [-0.05, 0) is 19.3 Å². The van der Waals surface area contributed by atoms with Gasteiger partial charge in [0.05, 0.1) is 32.0 Å². The Hall–Kier alpha value is -1.01. The van der Waals surface area contributed by atoms with Gasteiger partial charge in [0.2, 0.25) is 5.91 Å². The standard InChI is InChI=1S/C49H95NO13/c1-3-5-7-9-11-13-15-17-19-21-23-25-27-29-33-60-37-38(53)34-50(42(54)30-28-26-24-22-20-18-16-14-12-10-8-6-4-2)32-31-39-43(55)46(58)48(41(36-52)61-39)63-49-47(59)45(57)44(56)40(35-51)62-49/h38-41,43-49,51-53,55-59H,3-37H2,1-2H3/t38?,39-,40+,41+,43-,44-,45-,46+,47+,48+,49-/m0/s1. The third-order valence-electron chi connectivity index (χ3n) is 13.0. The number of aliphatic hydroxyl groups is 8. The van der Waals surface area contributed by atoms with E-state index in [0.717, 1.165) is 38.5 Å². The number of amides is 1. The van der Waals surface area contributed by atoms with Crippen LogP contribution in [0.15, 0.2) is 0 Å². The quantitative estimate of drug-likeness (QED) is 0.0321. The predicted octanol–water partition coefficient (Wildman–Crippen LogP) is 6.21. The number of carbonyl (C=O) groups excluding carboxylic acids is 1. The zero-order chi connectivity index (χ0) is 46.1. The van der Waals surface area contributed by atoms with Crippen molar-refractivity contribution in [3.63, 3.8) is 0 Å². The van der Waals surface area contributed by atoms with Crippen LogP contribution in [0.1, 0.15) is 200 Å². The lowest BCUT2D eigenvalue weighted by Crippen LogP contribution is -2.64. The van der Waals surface area contributed by atoms with E-state index < -0.39 is 80.5 Å². The molecule has 0 radical (unpaired) electrons. The van der Waals surface area contributed by atoms with Crippen molar-refractivity contribution in [2.45, 2.75) is 267 Å². The second kappa shape index (κ2) is 37.0. The number of hydrogen-bond donors (Lipinski definition) is 8. The van der Waals surface area contributed by atoms with Gasteiger partial charge in [-0.3, -0.25) is 4.79 Å². The molecule has 0 bridgehead atoms. The molecule has 2 fully saturated rings. The highest BCUT2D eigenvalue weighted by atomic mass is 16.7. The lowest BCUT2D eigenvalue weighted by Gasteiger charge is -2.46. The van der Waals surface area contributed by atoms with E-state index in [1.54, 1.807) is 4.90 Å². The van der Waals surface area contributed by atoms with E-state index in [1.165, 1.54) is 135 Å². The molecule has 2 saturated heterocycles. The van der Waals surface area contributed by atoms with E-state index in [0.29, 0.717) is 13.0 Å². The van der Waals surface area contributed by atoms with E-state index in [4.69, 9.17) is 18.9 Å². The van der Waals surface area contributed by atoms with Crippen LogP contribution >= 0.6 is 0 Å². The molecule has 63 heavy (non-hydrogen) atoms. The van der Waals surface area contributed by atoms with Crippen LogP contribution in [-0.2, 0) is 23.7 Å². The zero-order valence-corrected chi connectivity index (χ0v) is 39.7. The molecule has 14 heteroatoms. The highest BCUT2D eigenvalue weighted by Crippen LogP contribution is 2.30. The van der Waals surface area contributed by atoms with Crippen molar-refractivity contribution >= 4 is 5.91 Å². The Balaban J connectivity index is 1.82. The van der Waals surface area contributed by atoms with Crippen molar-refractivity contribution in [1.29, 1.82) is 0 Å². The lowest BCUT2D eigenvalue weighted by atomic mass is 9.92. The summed E-state index contributed by atoms with van der Waals surface area (Å²) in [6.07, 6.45) is 18.1. The van der Waals surface area contributed by atoms with Gasteiger partial charge in [-0.15, -0.1) is 0 Å². The van der Waals surface area contributed by atoms with Gasteiger partial charge in [0.15, 0.2) is 6.29 Å². The molecule has 0 aliphatic carbocycles. The molecule has 0 aromatic rings. The van der Waals surface area contributed by atoms with Crippen molar-refractivity contribution in [2.24, 2.45) is 0 Å². The van der Waals surface area contributed by atoms with Crippen LogP contribution in [0.2, 0.25) is 0 Å². The maximum Gasteiger partial charge on any atom is 0.222 e. The second-order valence-corrected chi connectivity index (χ2v) is 18.6. The minimum absolute atomic E-state index is 0.0354. The summed E-state index contributed by atoms with van der Waals surface area (Å²) in [5, 5.41) is 83.8. The van der Waals surface area contributed by atoms with Crippen LogP contribution in [0.25, 0.3) is 0 Å². The third kappa shape index (κ3) is 24.5. The Morgan fingerprint density at radius 3 is 1.46 bits per heavy atom. The Morgan fingerprint density at radius 1 is 0.540 bits per heavy atom. The molecule has 0 saturated carbocycles. The number of ether oxygens (including phenoxy) is 4. The van der Waals surface area contributed by atoms with Crippen LogP contribution in [0.4, 0.5) is 0 Å². The van der Waals surface area contributed by atoms with Gasteiger partial charge in [0.1, 0.15) is 48.8 Å². The molecular weight excluding hydrogens is 811 g/mol. The molecule has 0 aromatic carbocycles. The van der Waals surface area contributed by atoms with Crippen molar-refractivity contribution in [1.82, 2.24) is 4.90 Å². The smallest absolute Gasteiger partial charge is 0.222 e. The van der Waals surface area contributed by atoms with Crippen molar-refractivity contribution in [3.8, 4) is 0 Å². The molecule has 2 aliphatic rings. The summed E-state index contributed by atoms with van der Waals surface area (Å²) >= 11 is 0. The summed E-state index contributed by atoms with van der Waals surface area (Å²) in [4.78, 5) is 15.2. The van der Waals surface area contributed by atoms with Gasteiger partial charge < -0.3 is 64.7 Å². The number of hydrogen-bond acceptors (Lipinski definition) is 13. The average Bonchev–Trinajstić information content (AvgIpc) is 3.28. The fourth-order valence-corrected chi connectivity index (χ4v) is 8.88. The summed E-state index contributed by atoms with van der Waals surface area (Å²) in [6.45, 7) is 3.95. The highest BCUT2D eigenvalue weighted by Gasteiger charge is 2.50. The van der Waals surface area contributed by atoms with Crippen molar-refractivity contribution in [3.05, 3.63) is 0 Å². The Kier molecular flexibility index (Phi) is 34.2. The number of rotatable bonds is 40. The molecule has 0 spiro atoms. The Labute approximate surface area is 381 Å². The van der Waals surface area contributed by atoms with Gasteiger partial charge >= 0.3 is 0 Å². The van der Waals surface area contributed by atoms with Crippen LogP contribution in [0.3, 0.4) is 0 Å². The Morgan fingerprint density at radius 2 is 0.984 bits per heavy atom. The zero-order valence-electron chi connectivity index (χ0n) is 39.7. The van der Waals surface area contributed by atoms with Gasteiger partial charge in [-0.2, -0.15) is 0 Å². The van der Waals surface area contributed by atoms with Gasteiger partial charge in [-0.1, -0.05) is 174 Å². The number of aliphatic hydroxyl groups excluding tert-OH is 8. The molecular formula is C49H95NO13. The van der Waals surface area contributed by atoms with Crippen molar-refractivity contribution in [2.75, 3.05) is 39.5 Å². The summed E-state index contributed by atoms with van der Waals surface area (Å²) in [5.41, 5.74) is 0. The van der Waals surface area contributed by atoms with E-state index in [-0.39, 0.29) is 32.0 Å². The van der Waals surface area contributed by atoms with Gasteiger partial charge in [0, 0.05) is 26.1 Å². The highest BCUT2D eigenvalue weighted by molar-refractivity contribution is 5.76. The van der Waals surface area contributed by atoms with Crippen LogP contribution < -0.4 is 0 Å². The fourth-order valence-electron chi connectivity index (χ4n) is 8.88. The minimum Gasteiger partial charge on any atom is -0.394 e. The molecule has 8 N–H and O–H groups in total. The summed E-state index contributed by atoms with van der Waals surface area (Å²) in [5.74, 6) is -0.127. The number of carbonyl (C=O) groups is 1. The minimum atomic E-state index is -1.76.